The van der Waals surface area contributed by atoms with Gasteiger partial charge >= 0.3 is 6.09 Å². The van der Waals surface area contributed by atoms with Crippen LogP contribution in [0.1, 0.15) is 19.0 Å². The number of hydrogen-bond donors (Lipinski definition) is 2. The van der Waals surface area contributed by atoms with Crippen LogP contribution < -0.4 is 5.73 Å². The number of nitrogens with two attached hydrogens (primary N) is 1. The molecule has 0 fully saturated rings. The summed E-state index contributed by atoms with van der Waals surface area (Å²) in [6, 6.07) is 7.75. The molecule has 0 radical (unpaired) electrons. The average molecular weight is 364 g/mol. The molecule has 1 aromatic carbocycles. The normalized spacial score (nSPS) is 14.3. The molecule has 4 rings (SSSR count). The average Bonchev–Trinajstić information content (AvgIpc) is 3.12. The van der Waals surface area contributed by atoms with E-state index in [1.165, 1.54) is 0 Å². The first-order valence-corrected chi connectivity index (χ1v) is 8.84. The first-order chi connectivity index (χ1) is 13.2. The second kappa shape index (κ2) is 7.06. The predicted molar refractivity (Wildman–Crippen MR) is 103 cm³/mol. The van der Waals surface area contributed by atoms with Gasteiger partial charge in [0.1, 0.15) is 5.69 Å². The van der Waals surface area contributed by atoms with E-state index in [1.807, 2.05) is 30.3 Å². The van der Waals surface area contributed by atoms with Gasteiger partial charge in [0.2, 0.25) is 0 Å². The smallest absolute Gasteiger partial charge is 0.410 e. The molecular weight excluding hydrogens is 344 g/mol. The Kier molecular flexibility index (Phi) is 4.45. The number of fused-ring (bicyclic) bond motifs is 1. The number of hydrogen-bond acceptors (Lipinski definition) is 6. The fraction of sp³-hybridized carbons (Fsp3) is 0.263. The van der Waals surface area contributed by atoms with Crippen molar-refractivity contribution >= 4 is 28.5 Å². The van der Waals surface area contributed by atoms with Crippen molar-refractivity contribution in [1.29, 1.82) is 0 Å². The standard InChI is InChI=1S/C19H20N6O2/c1-2-27-19(26)25-9-7-12(8-10-25)15-11-21-17(20)16(22-15)18-23-13-5-3-4-6-14(13)24-18/h3-7,11H,2,8-10H2,1H3,(H2,20,21)(H,23,24). The van der Waals surface area contributed by atoms with Gasteiger partial charge in [-0.2, -0.15) is 0 Å². The second-order valence-electron chi connectivity index (χ2n) is 6.22. The number of nitrogens with zero attached hydrogens (tertiary/aromatic N) is 4. The summed E-state index contributed by atoms with van der Waals surface area (Å²) in [6.07, 6.45) is 4.02. The molecule has 0 bridgehead atoms. The van der Waals surface area contributed by atoms with Gasteiger partial charge in [0, 0.05) is 13.1 Å². The number of carbonyl (C=O) groups is 1. The van der Waals surface area contributed by atoms with Crippen LogP contribution in [0, 0.1) is 0 Å². The topological polar surface area (TPSA) is 110 Å². The number of ether oxygens (including phenoxy) is 1. The highest BCUT2D eigenvalue weighted by atomic mass is 16.6. The highest BCUT2D eigenvalue weighted by molar-refractivity contribution is 5.81. The number of carbonyl (C=O) groups excluding carboxylic acids is 1. The molecule has 3 aromatic rings. The van der Waals surface area contributed by atoms with E-state index in [1.54, 1.807) is 18.0 Å². The van der Waals surface area contributed by atoms with E-state index < -0.39 is 0 Å². The Labute approximate surface area is 156 Å². The number of nitrogens with one attached hydrogen (secondary N) is 1. The van der Waals surface area contributed by atoms with Crippen LogP contribution in [0.15, 0.2) is 36.5 Å². The van der Waals surface area contributed by atoms with E-state index in [9.17, 15) is 4.79 Å². The van der Waals surface area contributed by atoms with Crippen molar-refractivity contribution < 1.29 is 9.53 Å². The third kappa shape index (κ3) is 3.33. The fourth-order valence-corrected chi connectivity index (χ4v) is 3.07. The van der Waals surface area contributed by atoms with Gasteiger partial charge < -0.3 is 20.4 Å². The van der Waals surface area contributed by atoms with E-state index in [2.05, 4.69) is 19.9 Å². The number of rotatable bonds is 3. The van der Waals surface area contributed by atoms with Crippen LogP contribution in [0.25, 0.3) is 28.1 Å². The molecule has 0 spiro atoms. The number of nitrogen functional groups attached to an aromatic ring is 1. The zero-order valence-corrected chi connectivity index (χ0v) is 15.0. The maximum atomic E-state index is 11.8. The molecule has 2 aromatic heterocycles. The van der Waals surface area contributed by atoms with Crippen molar-refractivity contribution in [2.45, 2.75) is 13.3 Å². The Morgan fingerprint density at radius 3 is 2.93 bits per heavy atom. The van der Waals surface area contributed by atoms with Crippen LogP contribution in [0.3, 0.4) is 0 Å². The number of aromatic amines is 1. The van der Waals surface area contributed by atoms with Crippen LogP contribution in [0.5, 0.6) is 0 Å². The van der Waals surface area contributed by atoms with E-state index in [0.29, 0.717) is 43.5 Å². The lowest BCUT2D eigenvalue weighted by molar-refractivity contribution is 0.111. The number of amides is 1. The molecule has 3 N–H and O–H groups in total. The number of aromatic nitrogens is 4. The summed E-state index contributed by atoms with van der Waals surface area (Å²) < 4.78 is 5.04. The molecular formula is C19H20N6O2. The van der Waals surface area contributed by atoms with Crippen molar-refractivity contribution in [3.8, 4) is 11.5 Å². The monoisotopic (exact) mass is 364 g/mol. The van der Waals surface area contributed by atoms with Gasteiger partial charge in [-0.3, -0.25) is 0 Å². The van der Waals surface area contributed by atoms with Gasteiger partial charge in [-0.25, -0.2) is 19.7 Å². The summed E-state index contributed by atoms with van der Waals surface area (Å²) in [7, 11) is 0. The van der Waals surface area contributed by atoms with Crippen LogP contribution >= 0.6 is 0 Å². The van der Waals surface area contributed by atoms with Crippen molar-refractivity contribution in [1.82, 2.24) is 24.8 Å². The number of H-pyrrole nitrogens is 1. The quantitative estimate of drug-likeness (QED) is 0.739. The third-order valence-electron chi connectivity index (χ3n) is 4.48. The SMILES string of the molecule is CCOC(=O)N1CC=C(c2cnc(N)c(-c3nc4ccccc4[nH]3)n2)CC1. The molecule has 0 saturated carbocycles. The highest BCUT2D eigenvalue weighted by Crippen LogP contribution is 2.26. The Hall–Kier alpha value is -3.42. The van der Waals surface area contributed by atoms with Gasteiger partial charge in [0.05, 0.1) is 29.5 Å². The largest absolute Gasteiger partial charge is 0.450 e. The number of imidazole rings is 1. The zero-order valence-electron chi connectivity index (χ0n) is 15.0. The molecule has 3 heterocycles. The number of para-hydroxylation sites is 2. The summed E-state index contributed by atoms with van der Waals surface area (Å²) in [5.41, 5.74) is 10.1. The van der Waals surface area contributed by atoms with Crippen molar-refractivity contribution in [2.75, 3.05) is 25.4 Å². The molecule has 0 atom stereocenters. The molecule has 1 amide bonds. The van der Waals surface area contributed by atoms with Crippen LogP contribution in [-0.2, 0) is 4.74 Å². The highest BCUT2D eigenvalue weighted by Gasteiger charge is 2.20. The van der Waals surface area contributed by atoms with Crippen LogP contribution in [-0.4, -0.2) is 50.6 Å². The number of anilines is 1. The minimum atomic E-state index is -0.292. The van der Waals surface area contributed by atoms with Gasteiger partial charge in [0.25, 0.3) is 0 Å². The summed E-state index contributed by atoms with van der Waals surface area (Å²) in [5, 5.41) is 0. The lowest BCUT2D eigenvalue weighted by Gasteiger charge is -2.25. The summed E-state index contributed by atoms with van der Waals surface area (Å²) >= 11 is 0. The molecule has 138 valence electrons. The molecule has 0 unspecified atom stereocenters. The van der Waals surface area contributed by atoms with E-state index in [-0.39, 0.29) is 6.09 Å². The maximum Gasteiger partial charge on any atom is 0.410 e. The first kappa shape index (κ1) is 17.0. The molecule has 1 aliphatic rings. The molecule has 8 heteroatoms. The summed E-state index contributed by atoms with van der Waals surface area (Å²) in [5.74, 6) is 0.912. The minimum absolute atomic E-state index is 0.292. The Morgan fingerprint density at radius 1 is 1.33 bits per heavy atom. The second-order valence-corrected chi connectivity index (χ2v) is 6.22. The van der Waals surface area contributed by atoms with Crippen LogP contribution in [0.2, 0.25) is 0 Å². The lowest BCUT2D eigenvalue weighted by Crippen LogP contribution is -2.35. The predicted octanol–water partition coefficient (Wildman–Crippen LogP) is 2.85. The minimum Gasteiger partial charge on any atom is -0.450 e. The van der Waals surface area contributed by atoms with Gasteiger partial charge in [-0.05, 0) is 31.1 Å². The third-order valence-corrected chi connectivity index (χ3v) is 4.48. The first-order valence-electron chi connectivity index (χ1n) is 8.84. The maximum absolute atomic E-state index is 11.8. The van der Waals surface area contributed by atoms with Gasteiger partial charge in [0.15, 0.2) is 11.6 Å². The molecule has 1 aliphatic heterocycles. The Morgan fingerprint density at radius 2 is 2.19 bits per heavy atom. The van der Waals surface area contributed by atoms with Crippen molar-refractivity contribution in [3.63, 3.8) is 0 Å². The van der Waals surface area contributed by atoms with E-state index in [0.717, 1.165) is 22.3 Å². The molecule has 8 nitrogen and oxygen atoms in total. The Bertz CT molecular complexity index is 993. The van der Waals surface area contributed by atoms with Crippen molar-refractivity contribution in [2.24, 2.45) is 0 Å². The van der Waals surface area contributed by atoms with Gasteiger partial charge in [-0.15, -0.1) is 0 Å². The summed E-state index contributed by atoms with van der Waals surface area (Å²) in [4.78, 5) is 30.3. The lowest BCUT2D eigenvalue weighted by atomic mass is 10.1. The molecule has 0 saturated heterocycles. The van der Waals surface area contributed by atoms with Gasteiger partial charge in [-0.1, -0.05) is 18.2 Å². The van der Waals surface area contributed by atoms with Crippen LogP contribution in [0.4, 0.5) is 10.6 Å². The molecule has 0 aliphatic carbocycles. The van der Waals surface area contributed by atoms with E-state index >= 15 is 0 Å². The zero-order chi connectivity index (χ0) is 18.8. The van der Waals surface area contributed by atoms with E-state index in [4.69, 9.17) is 10.5 Å². The number of benzene rings is 1. The fourth-order valence-electron chi connectivity index (χ4n) is 3.07. The Balaban J connectivity index is 1.62. The van der Waals surface area contributed by atoms with Crippen molar-refractivity contribution in [3.05, 3.63) is 42.2 Å². The summed E-state index contributed by atoms with van der Waals surface area (Å²) in [6.45, 7) is 3.24. The molecule has 27 heavy (non-hydrogen) atoms.